The van der Waals surface area contributed by atoms with Gasteiger partial charge in [0.25, 0.3) is 7.55 Å². The number of hydrogen-bond donors (Lipinski definition) is 1. The molecule has 0 fully saturated rings. The number of halogens is 1. The molecular weight excluding hydrogens is 222 g/mol. The molecule has 0 unspecified atom stereocenters. The lowest BCUT2D eigenvalue weighted by Gasteiger charge is -2.19. The summed E-state index contributed by atoms with van der Waals surface area (Å²) in [4.78, 5) is 0. The Bertz CT molecular complexity index is 386. The lowest BCUT2D eigenvalue weighted by atomic mass is 10.4. The normalized spacial score (nSPS) is 11.3. The van der Waals surface area contributed by atoms with Crippen LogP contribution in [0.4, 0.5) is 0 Å². The van der Waals surface area contributed by atoms with E-state index in [-0.39, 0.29) is 0 Å². The summed E-state index contributed by atoms with van der Waals surface area (Å²) < 4.78 is 0. The largest absolute Gasteiger partial charge is 0.332 e. The Balaban J connectivity index is 2.44. The third kappa shape index (κ3) is 2.12. The van der Waals surface area contributed by atoms with Gasteiger partial charge in [0.1, 0.15) is 0 Å². The molecule has 0 saturated heterocycles. The summed E-state index contributed by atoms with van der Waals surface area (Å²) in [7, 11) is -2.48. The van der Waals surface area contributed by atoms with Crippen molar-refractivity contribution in [2.75, 3.05) is 0 Å². The molecule has 1 nitrogen and oxygen atoms in total. The summed E-state index contributed by atoms with van der Waals surface area (Å²) in [5, 5.41) is 8.34. The van der Waals surface area contributed by atoms with Gasteiger partial charge in [0, 0.05) is 0 Å². The van der Waals surface area contributed by atoms with Crippen LogP contribution in [0.25, 0.3) is 0 Å². The maximum atomic E-state index is 6.50. The smallest absolute Gasteiger partial charge is 0.286 e. The van der Waals surface area contributed by atoms with Crippen LogP contribution in [-0.2, 0) is 0 Å². The van der Waals surface area contributed by atoms with Crippen molar-refractivity contribution < 1.29 is 0 Å². The topological polar surface area (TPSA) is 26.0 Å². The lowest BCUT2D eigenvalue weighted by molar-refractivity contribution is 1.67. The van der Waals surface area contributed by atoms with Crippen LogP contribution in [-0.4, -0.2) is 7.55 Å². The molecule has 0 bridgehead atoms. The predicted octanol–water partition coefficient (Wildman–Crippen LogP) is 1.44. The Kier molecular flexibility index (Phi) is 2.91. The second-order valence-corrected chi connectivity index (χ2v) is 7.81. The number of nitrogens with two attached hydrogens (primary N) is 1. The van der Waals surface area contributed by atoms with Crippen LogP contribution in [0.1, 0.15) is 0 Å². The molecule has 3 heteroatoms. The molecule has 2 N–H and O–H groups in total. The number of rotatable bonds is 2. The molecule has 0 amide bonds. The van der Waals surface area contributed by atoms with E-state index in [1.165, 1.54) is 0 Å². The summed E-state index contributed by atoms with van der Waals surface area (Å²) >= 11 is 6.50. The van der Waals surface area contributed by atoms with Crippen LogP contribution in [0.5, 0.6) is 0 Å². The van der Waals surface area contributed by atoms with Gasteiger partial charge in [-0.3, -0.25) is 0 Å². The van der Waals surface area contributed by atoms with E-state index in [2.05, 4.69) is 0 Å². The van der Waals surface area contributed by atoms with Gasteiger partial charge in [-0.1, -0.05) is 60.7 Å². The second-order valence-electron chi connectivity index (χ2n) is 3.44. The van der Waals surface area contributed by atoms with Gasteiger partial charge in [0.05, 0.1) is 0 Å². The molecule has 0 radical (unpaired) electrons. The highest BCUT2D eigenvalue weighted by Crippen LogP contribution is 2.03. The van der Waals surface area contributed by atoms with E-state index in [0.29, 0.717) is 0 Å². The van der Waals surface area contributed by atoms with E-state index in [0.717, 1.165) is 10.4 Å². The molecule has 15 heavy (non-hydrogen) atoms. The molecule has 2 rings (SSSR count). The Morgan fingerprint density at radius 2 is 1.07 bits per heavy atom. The number of benzene rings is 2. The first-order chi connectivity index (χ1) is 7.21. The predicted molar refractivity (Wildman–Crippen MR) is 67.9 cm³/mol. The zero-order chi connectivity index (χ0) is 10.7. The van der Waals surface area contributed by atoms with Crippen LogP contribution in [0.15, 0.2) is 60.7 Å². The molecule has 2 aromatic rings. The van der Waals surface area contributed by atoms with Crippen LogP contribution in [0, 0.1) is 0 Å². The Morgan fingerprint density at radius 1 is 0.733 bits per heavy atom. The third-order valence-corrected chi connectivity index (χ3v) is 6.04. The highest BCUT2D eigenvalue weighted by atomic mass is 35.6. The first-order valence-corrected chi connectivity index (χ1v) is 7.89. The van der Waals surface area contributed by atoms with Crippen molar-refractivity contribution in [2.45, 2.75) is 0 Å². The fourth-order valence-corrected chi connectivity index (χ4v) is 3.97. The molecule has 76 valence electrons. The molecule has 0 heterocycles. The number of hydrogen-bond acceptors (Lipinski definition) is 1. The minimum Gasteiger partial charge on any atom is -0.332 e. The van der Waals surface area contributed by atoms with E-state index >= 15 is 0 Å². The van der Waals surface area contributed by atoms with Gasteiger partial charge < -0.3 is 5.40 Å². The molecule has 0 saturated carbocycles. The zero-order valence-corrected chi connectivity index (χ0v) is 9.98. The maximum Gasteiger partial charge on any atom is 0.286 e. The van der Waals surface area contributed by atoms with E-state index < -0.39 is 7.55 Å². The average Bonchev–Trinajstić information content (AvgIpc) is 2.31. The fourth-order valence-electron chi connectivity index (χ4n) is 1.53. The Morgan fingerprint density at radius 3 is 1.40 bits per heavy atom. The van der Waals surface area contributed by atoms with Crippen molar-refractivity contribution in [1.29, 1.82) is 0 Å². The average molecular weight is 234 g/mol. The first-order valence-electron chi connectivity index (χ1n) is 4.80. The minimum absolute atomic E-state index is 1.04. The third-order valence-electron chi connectivity index (χ3n) is 2.39. The molecule has 0 aliphatic carbocycles. The van der Waals surface area contributed by atoms with Crippen molar-refractivity contribution in [1.82, 2.24) is 0 Å². The Labute approximate surface area is 95.3 Å². The highest BCUT2D eigenvalue weighted by molar-refractivity contribution is 7.32. The Hall–Kier alpha value is -1.09. The van der Waals surface area contributed by atoms with Crippen molar-refractivity contribution in [3.8, 4) is 0 Å². The molecule has 0 aliphatic rings. The molecular formula is C12H12ClNSi. The summed E-state index contributed by atoms with van der Waals surface area (Å²) in [5.74, 6) is 0. The quantitative estimate of drug-likeness (QED) is 0.617. The van der Waals surface area contributed by atoms with E-state index in [4.69, 9.17) is 16.5 Å². The van der Waals surface area contributed by atoms with Crippen molar-refractivity contribution >= 4 is 29.0 Å². The summed E-state index contributed by atoms with van der Waals surface area (Å²) in [6.07, 6.45) is 0. The summed E-state index contributed by atoms with van der Waals surface area (Å²) in [6.45, 7) is 0. The molecule has 0 aliphatic heterocycles. The van der Waals surface area contributed by atoms with Gasteiger partial charge >= 0.3 is 0 Å². The van der Waals surface area contributed by atoms with Crippen LogP contribution in [0.3, 0.4) is 0 Å². The molecule has 2 aromatic carbocycles. The van der Waals surface area contributed by atoms with Gasteiger partial charge in [-0.15, -0.1) is 11.1 Å². The van der Waals surface area contributed by atoms with Gasteiger partial charge in [-0.25, -0.2) is 0 Å². The molecule has 0 atom stereocenters. The van der Waals surface area contributed by atoms with Gasteiger partial charge in [0.2, 0.25) is 0 Å². The lowest BCUT2D eigenvalue weighted by Crippen LogP contribution is -2.61. The second kappa shape index (κ2) is 4.19. The SMILES string of the molecule is N[Si](Cl)(c1ccccc1)c1ccccc1. The summed E-state index contributed by atoms with van der Waals surface area (Å²) in [6, 6.07) is 19.8. The molecule has 0 aromatic heterocycles. The van der Waals surface area contributed by atoms with Gasteiger partial charge in [0.15, 0.2) is 0 Å². The molecule has 0 spiro atoms. The first kappa shape index (κ1) is 10.4. The zero-order valence-electron chi connectivity index (χ0n) is 8.23. The monoisotopic (exact) mass is 233 g/mol. The fraction of sp³-hybridized carbons (Fsp3) is 0. The van der Waals surface area contributed by atoms with Crippen LogP contribution >= 0.6 is 11.1 Å². The minimum atomic E-state index is -2.48. The van der Waals surface area contributed by atoms with E-state index in [1.807, 2.05) is 60.7 Å². The maximum absolute atomic E-state index is 6.50. The van der Waals surface area contributed by atoms with E-state index in [1.54, 1.807) is 0 Å². The van der Waals surface area contributed by atoms with Gasteiger partial charge in [-0.05, 0) is 10.4 Å². The summed E-state index contributed by atoms with van der Waals surface area (Å²) in [5.41, 5.74) is 0. The van der Waals surface area contributed by atoms with Crippen LogP contribution in [0.2, 0.25) is 0 Å². The van der Waals surface area contributed by atoms with Crippen molar-refractivity contribution in [3.05, 3.63) is 60.7 Å². The standard InChI is InChI=1S/C12H12ClNSi/c13-15(14,11-7-3-1-4-8-11)12-9-5-2-6-10-12/h1-10H,14H2. The van der Waals surface area contributed by atoms with Crippen molar-refractivity contribution in [3.63, 3.8) is 0 Å². The highest BCUT2D eigenvalue weighted by Gasteiger charge is 2.30. The van der Waals surface area contributed by atoms with Gasteiger partial charge in [-0.2, -0.15) is 0 Å². The van der Waals surface area contributed by atoms with E-state index in [9.17, 15) is 0 Å². The van der Waals surface area contributed by atoms with Crippen LogP contribution < -0.4 is 15.8 Å². The van der Waals surface area contributed by atoms with Crippen molar-refractivity contribution in [2.24, 2.45) is 5.40 Å².